The molecule has 1 amide bonds. The van der Waals surface area contributed by atoms with Crippen molar-refractivity contribution < 1.29 is 14.4 Å². The summed E-state index contributed by atoms with van der Waals surface area (Å²) in [5.41, 5.74) is 0. The van der Waals surface area contributed by atoms with Crippen LogP contribution in [0.2, 0.25) is 0 Å². The van der Waals surface area contributed by atoms with Crippen LogP contribution in [0, 0.1) is 0 Å². The van der Waals surface area contributed by atoms with Crippen LogP contribution in [0.15, 0.2) is 41.4 Å². The summed E-state index contributed by atoms with van der Waals surface area (Å²) >= 11 is 3.40. The van der Waals surface area contributed by atoms with Crippen molar-refractivity contribution in [2.75, 3.05) is 32.7 Å². The zero-order chi connectivity index (χ0) is 15.9. The number of carbonyl (C=O) groups is 1. The highest BCUT2D eigenvalue weighted by Crippen LogP contribution is 2.18. The standard InChI is InChI=1S/C17H23BrN2O2/c1-3-9-19-10-12-20(13-11-19)17(21)16(4-2)22-15-7-5-14(18)6-8-15/h3,5-8,16H,1,4,9-13H2,2H3/p+1/t16-/m0/s1. The van der Waals surface area contributed by atoms with Crippen LogP contribution in [0.1, 0.15) is 13.3 Å². The molecule has 0 spiro atoms. The van der Waals surface area contributed by atoms with Gasteiger partial charge >= 0.3 is 0 Å². The van der Waals surface area contributed by atoms with Gasteiger partial charge in [0.05, 0.1) is 32.7 Å². The van der Waals surface area contributed by atoms with E-state index in [1.807, 2.05) is 42.2 Å². The lowest BCUT2D eigenvalue weighted by Gasteiger charge is -2.33. The molecule has 0 bridgehead atoms. The minimum Gasteiger partial charge on any atom is -0.481 e. The van der Waals surface area contributed by atoms with Crippen LogP contribution in [0.25, 0.3) is 0 Å². The average molecular weight is 368 g/mol. The second-order valence-electron chi connectivity index (χ2n) is 5.54. The van der Waals surface area contributed by atoms with Gasteiger partial charge in [-0.05, 0) is 36.8 Å². The molecule has 4 nitrogen and oxygen atoms in total. The molecule has 22 heavy (non-hydrogen) atoms. The maximum atomic E-state index is 12.6. The molecule has 0 unspecified atom stereocenters. The van der Waals surface area contributed by atoms with Gasteiger partial charge in [-0.1, -0.05) is 29.4 Å². The van der Waals surface area contributed by atoms with Gasteiger partial charge in [-0.3, -0.25) is 4.79 Å². The lowest BCUT2D eigenvalue weighted by atomic mass is 10.2. The predicted molar refractivity (Wildman–Crippen MR) is 91.2 cm³/mol. The molecule has 1 aromatic rings. The third-order valence-electron chi connectivity index (χ3n) is 3.95. The van der Waals surface area contributed by atoms with Gasteiger partial charge in [0.1, 0.15) is 5.75 Å². The molecule has 1 aliphatic rings. The summed E-state index contributed by atoms with van der Waals surface area (Å²) in [7, 11) is 0. The Balaban J connectivity index is 1.91. The summed E-state index contributed by atoms with van der Waals surface area (Å²) in [5, 5.41) is 0. The zero-order valence-corrected chi connectivity index (χ0v) is 14.6. The van der Waals surface area contributed by atoms with Crippen molar-refractivity contribution >= 4 is 21.8 Å². The number of halogens is 1. The minimum absolute atomic E-state index is 0.100. The van der Waals surface area contributed by atoms with Crippen LogP contribution < -0.4 is 9.64 Å². The fourth-order valence-corrected chi connectivity index (χ4v) is 2.91. The van der Waals surface area contributed by atoms with E-state index >= 15 is 0 Å². The van der Waals surface area contributed by atoms with Crippen molar-refractivity contribution in [1.82, 2.24) is 4.90 Å². The molecule has 1 aromatic carbocycles. The quantitative estimate of drug-likeness (QED) is 0.773. The van der Waals surface area contributed by atoms with Gasteiger partial charge in [-0.15, -0.1) is 0 Å². The van der Waals surface area contributed by atoms with E-state index in [-0.39, 0.29) is 5.91 Å². The van der Waals surface area contributed by atoms with E-state index < -0.39 is 6.10 Å². The van der Waals surface area contributed by atoms with Crippen molar-refractivity contribution in [1.29, 1.82) is 0 Å². The summed E-state index contributed by atoms with van der Waals surface area (Å²) in [6.07, 6.45) is 2.22. The monoisotopic (exact) mass is 367 g/mol. The first-order valence-electron chi connectivity index (χ1n) is 7.79. The number of quaternary nitrogens is 1. The van der Waals surface area contributed by atoms with E-state index in [1.165, 1.54) is 4.90 Å². The highest BCUT2D eigenvalue weighted by molar-refractivity contribution is 9.10. The lowest BCUT2D eigenvalue weighted by Crippen LogP contribution is -3.14. The fourth-order valence-electron chi connectivity index (χ4n) is 2.64. The Bertz CT molecular complexity index is 496. The third kappa shape index (κ3) is 4.58. The lowest BCUT2D eigenvalue weighted by molar-refractivity contribution is -0.898. The average Bonchev–Trinajstić information content (AvgIpc) is 2.55. The molecule has 1 fully saturated rings. The fraction of sp³-hybridized carbons (Fsp3) is 0.471. The number of hydrogen-bond acceptors (Lipinski definition) is 2. The normalized spacial score (nSPS) is 17.1. The first-order chi connectivity index (χ1) is 10.6. The van der Waals surface area contributed by atoms with Gasteiger partial charge in [0.15, 0.2) is 6.10 Å². The summed E-state index contributed by atoms with van der Waals surface area (Å²) in [4.78, 5) is 16.0. The van der Waals surface area contributed by atoms with Crippen LogP contribution in [0.4, 0.5) is 0 Å². The van der Waals surface area contributed by atoms with E-state index in [0.29, 0.717) is 6.42 Å². The number of nitrogens with zero attached hydrogens (tertiary/aromatic N) is 1. The molecular formula is C17H24BrN2O2+. The smallest absolute Gasteiger partial charge is 0.264 e. The van der Waals surface area contributed by atoms with Crippen molar-refractivity contribution in [2.24, 2.45) is 0 Å². The largest absolute Gasteiger partial charge is 0.481 e. The maximum Gasteiger partial charge on any atom is 0.264 e. The SMILES string of the molecule is C=CC[NH+]1CCN(C(=O)[C@H](CC)Oc2ccc(Br)cc2)CC1. The molecule has 1 heterocycles. The van der Waals surface area contributed by atoms with Gasteiger partial charge < -0.3 is 14.5 Å². The number of benzene rings is 1. The Morgan fingerprint density at radius 2 is 2.05 bits per heavy atom. The Kier molecular flexibility index (Phi) is 6.46. The first kappa shape index (κ1) is 17.0. The molecule has 0 saturated carbocycles. The summed E-state index contributed by atoms with van der Waals surface area (Å²) in [6, 6.07) is 7.60. The van der Waals surface area contributed by atoms with Gasteiger partial charge in [0.2, 0.25) is 0 Å². The third-order valence-corrected chi connectivity index (χ3v) is 4.48. The molecule has 1 saturated heterocycles. The van der Waals surface area contributed by atoms with Crippen molar-refractivity contribution in [2.45, 2.75) is 19.4 Å². The molecule has 1 atom stereocenters. The summed E-state index contributed by atoms with van der Waals surface area (Å²) in [6.45, 7) is 10.3. The number of ether oxygens (including phenoxy) is 1. The first-order valence-corrected chi connectivity index (χ1v) is 8.58. The minimum atomic E-state index is -0.401. The number of piperazine rings is 1. The molecule has 0 aliphatic carbocycles. The van der Waals surface area contributed by atoms with E-state index in [4.69, 9.17) is 4.74 Å². The Labute approximate surface area is 140 Å². The Morgan fingerprint density at radius 1 is 1.41 bits per heavy atom. The zero-order valence-electron chi connectivity index (χ0n) is 13.1. The molecule has 0 aromatic heterocycles. The Hall–Kier alpha value is -1.33. The number of nitrogens with one attached hydrogen (secondary N) is 1. The van der Waals surface area contributed by atoms with Crippen LogP contribution in [-0.4, -0.2) is 49.6 Å². The van der Waals surface area contributed by atoms with Gasteiger partial charge in [0, 0.05) is 4.47 Å². The highest BCUT2D eigenvalue weighted by atomic mass is 79.9. The van der Waals surface area contributed by atoms with E-state index in [1.54, 1.807) is 0 Å². The number of hydrogen-bond donors (Lipinski definition) is 1. The summed E-state index contributed by atoms with van der Waals surface area (Å²) in [5.74, 6) is 0.836. The second kappa shape index (κ2) is 8.34. The molecule has 1 aliphatic heterocycles. The van der Waals surface area contributed by atoms with Crippen molar-refractivity contribution in [3.8, 4) is 5.75 Å². The molecule has 0 radical (unpaired) electrons. The molecular weight excluding hydrogens is 344 g/mol. The number of rotatable bonds is 6. The maximum absolute atomic E-state index is 12.6. The van der Waals surface area contributed by atoms with Crippen LogP contribution in [0.3, 0.4) is 0 Å². The van der Waals surface area contributed by atoms with Gasteiger partial charge in [0.25, 0.3) is 5.91 Å². The Morgan fingerprint density at radius 3 is 2.59 bits per heavy atom. The molecule has 120 valence electrons. The number of amides is 1. The van der Waals surface area contributed by atoms with Crippen molar-refractivity contribution in [3.63, 3.8) is 0 Å². The van der Waals surface area contributed by atoms with Crippen LogP contribution in [-0.2, 0) is 4.79 Å². The van der Waals surface area contributed by atoms with E-state index in [2.05, 4.69) is 22.5 Å². The van der Waals surface area contributed by atoms with Crippen molar-refractivity contribution in [3.05, 3.63) is 41.4 Å². The molecule has 5 heteroatoms. The summed E-state index contributed by atoms with van der Waals surface area (Å²) < 4.78 is 6.87. The van der Waals surface area contributed by atoms with E-state index in [0.717, 1.165) is 42.9 Å². The number of carbonyl (C=O) groups excluding carboxylic acids is 1. The molecule has 2 rings (SSSR count). The highest BCUT2D eigenvalue weighted by Gasteiger charge is 2.28. The van der Waals surface area contributed by atoms with E-state index in [9.17, 15) is 4.79 Å². The van der Waals surface area contributed by atoms with Crippen LogP contribution >= 0.6 is 15.9 Å². The van der Waals surface area contributed by atoms with Crippen LogP contribution in [0.5, 0.6) is 5.75 Å². The second-order valence-corrected chi connectivity index (χ2v) is 6.45. The van der Waals surface area contributed by atoms with Gasteiger partial charge in [-0.25, -0.2) is 0 Å². The topological polar surface area (TPSA) is 34.0 Å². The van der Waals surface area contributed by atoms with Gasteiger partial charge in [-0.2, -0.15) is 0 Å². The molecule has 1 N–H and O–H groups in total. The predicted octanol–water partition coefficient (Wildman–Crippen LogP) is 1.52.